The molecule has 1 fully saturated rings. The molecular weight excluding hydrogens is 403 g/mol. The molecule has 30 heavy (non-hydrogen) atoms. The zero-order valence-electron chi connectivity index (χ0n) is 17.2. The molecule has 1 aliphatic rings. The second-order valence-corrected chi connectivity index (χ2v) is 8.31. The number of halogens is 1. The SMILES string of the molecule is CCCCCNC(=O)/C(=C(\N=C\N)NC1CCCNC1)c1nc2cc(F)ccc2s1. The number of nitrogens with two attached hydrogens (primary N) is 1. The molecule has 1 amide bonds. The Balaban J connectivity index is 1.98. The number of hydrogen-bond donors (Lipinski definition) is 4. The van der Waals surface area contributed by atoms with Crippen LogP contribution in [0.15, 0.2) is 29.0 Å². The molecule has 0 bridgehead atoms. The van der Waals surface area contributed by atoms with Gasteiger partial charge in [0.2, 0.25) is 0 Å². The predicted octanol–water partition coefficient (Wildman–Crippen LogP) is 2.74. The van der Waals surface area contributed by atoms with E-state index >= 15 is 0 Å². The predicted molar refractivity (Wildman–Crippen MR) is 121 cm³/mol. The van der Waals surface area contributed by atoms with Crippen molar-refractivity contribution in [1.82, 2.24) is 20.9 Å². The summed E-state index contributed by atoms with van der Waals surface area (Å²) in [6.07, 6.45) is 6.19. The molecule has 2 heterocycles. The van der Waals surface area contributed by atoms with E-state index in [1.807, 2.05) is 0 Å². The summed E-state index contributed by atoms with van der Waals surface area (Å²) >= 11 is 1.34. The molecule has 0 spiro atoms. The normalized spacial score (nSPS) is 17.9. The molecule has 1 unspecified atom stereocenters. The number of amides is 1. The van der Waals surface area contributed by atoms with Crippen LogP contribution in [0.25, 0.3) is 15.8 Å². The van der Waals surface area contributed by atoms with Crippen molar-refractivity contribution < 1.29 is 9.18 Å². The number of nitrogens with zero attached hydrogens (tertiary/aromatic N) is 2. The number of nitrogens with one attached hydrogen (secondary N) is 3. The van der Waals surface area contributed by atoms with E-state index in [-0.39, 0.29) is 17.8 Å². The fourth-order valence-corrected chi connectivity index (χ4v) is 4.38. The van der Waals surface area contributed by atoms with Gasteiger partial charge >= 0.3 is 0 Å². The van der Waals surface area contributed by atoms with Crippen LogP contribution in [0.3, 0.4) is 0 Å². The number of piperidine rings is 1. The first-order valence-electron chi connectivity index (χ1n) is 10.4. The Labute approximate surface area is 180 Å². The van der Waals surface area contributed by atoms with Gasteiger partial charge in [0.05, 0.1) is 16.6 Å². The lowest BCUT2D eigenvalue weighted by atomic mass is 10.1. The first-order valence-corrected chi connectivity index (χ1v) is 11.2. The zero-order valence-corrected chi connectivity index (χ0v) is 18.0. The largest absolute Gasteiger partial charge is 0.390 e. The average molecular weight is 433 g/mol. The molecule has 2 aromatic rings. The summed E-state index contributed by atoms with van der Waals surface area (Å²) in [5, 5.41) is 10.2. The van der Waals surface area contributed by atoms with Crippen LogP contribution in [0.4, 0.5) is 4.39 Å². The van der Waals surface area contributed by atoms with Crippen LogP contribution in [0.2, 0.25) is 0 Å². The van der Waals surface area contributed by atoms with Crippen molar-refractivity contribution in [3.8, 4) is 0 Å². The van der Waals surface area contributed by atoms with Crippen molar-refractivity contribution >= 4 is 39.4 Å². The number of rotatable bonds is 9. The highest BCUT2D eigenvalue weighted by atomic mass is 32.1. The van der Waals surface area contributed by atoms with Gasteiger partial charge in [-0.05, 0) is 37.9 Å². The molecule has 1 atom stereocenters. The van der Waals surface area contributed by atoms with Gasteiger partial charge in [0.15, 0.2) is 0 Å². The Morgan fingerprint density at radius 2 is 2.33 bits per heavy atom. The van der Waals surface area contributed by atoms with E-state index in [4.69, 9.17) is 5.73 Å². The second kappa shape index (κ2) is 11.0. The molecule has 7 nitrogen and oxygen atoms in total. The monoisotopic (exact) mass is 432 g/mol. The maximum Gasteiger partial charge on any atom is 0.258 e. The molecule has 0 saturated carbocycles. The van der Waals surface area contributed by atoms with Crippen molar-refractivity contribution in [2.45, 2.75) is 45.1 Å². The van der Waals surface area contributed by atoms with Gasteiger partial charge in [-0.15, -0.1) is 11.3 Å². The lowest BCUT2D eigenvalue weighted by molar-refractivity contribution is -0.115. The van der Waals surface area contributed by atoms with Crippen LogP contribution in [0, 0.1) is 5.82 Å². The van der Waals surface area contributed by atoms with Crippen LogP contribution < -0.4 is 21.7 Å². The number of carbonyl (C=O) groups excluding carboxylic acids is 1. The summed E-state index contributed by atoms with van der Waals surface area (Å²) in [4.78, 5) is 22.0. The highest BCUT2D eigenvalue weighted by molar-refractivity contribution is 7.19. The summed E-state index contributed by atoms with van der Waals surface area (Å²) in [5.74, 6) is -0.235. The number of unbranched alkanes of at least 4 members (excludes halogenated alkanes) is 2. The first kappa shape index (κ1) is 22.2. The van der Waals surface area contributed by atoms with Crippen molar-refractivity contribution in [1.29, 1.82) is 0 Å². The molecule has 1 aromatic carbocycles. The van der Waals surface area contributed by atoms with Gasteiger partial charge in [0.25, 0.3) is 5.91 Å². The molecule has 9 heteroatoms. The third-order valence-corrected chi connectivity index (χ3v) is 5.99. The maximum absolute atomic E-state index is 13.6. The van der Waals surface area contributed by atoms with Crippen LogP contribution >= 0.6 is 11.3 Å². The van der Waals surface area contributed by atoms with E-state index in [9.17, 15) is 9.18 Å². The van der Waals surface area contributed by atoms with Crippen molar-refractivity contribution in [2.24, 2.45) is 10.7 Å². The standard InChI is InChI=1S/C21H29FN6OS/c1-2-3-4-10-25-20(29)18(19(26-13-23)27-15-6-5-9-24-12-15)21-28-16-11-14(22)7-8-17(16)30-21/h7-8,11,13,15,24,27H,2-6,9-10,12H2,1H3,(H2,23,26)(H,25,29)/b19-18-. The lowest BCUT2D eigenvalue weighted by Crippen LogP contribution is -2.43. The number of hydrogen-bond acceptors (Lipinski definition) is 6. The molecule has 1 aromatic heterocycles. The number of thiazole rings is 1. The van der Waals surface area contributed by atoms with E-state index in [0.717, 1.165) is 49.9 Å². The third-order valence-electron chi connectivity index (χ3n) is 4.93. The minimum Gasteiger partial charge on any atom is -0.390 e. The molecule has 1 saturated heterocycles. The van der Waals surface area contributed by atoms with Gasteiger partial charge in [-0.2, -0.15) is 0 Å². The maximum atomic E-state index is 13.6. The molecule has 0 radical (unpaired) electrons. The topological polar surface area (TPSA) is 104 Å². The lowest BCUT2D eigenvalue weighted by Gasteiger charge is -2.25. The van der Waals surface area contributed by atoms with Gasteiger partial charge in [0, 0.05) is 25.2 Å². The molecule has 3 rings (SSSR count). The Morgan fingerprint density at radius 1 is 1.47 bits per heavy atom. The smallest absolute Gasteiger partial charge is 0.258 e. The van der Waals surface area contributed by atoms with Gasteiger partial charge < -0.3 is 21.7 Å². The Kier molecular flexibility index (Phi) is 8.15. The Hall–Kier alpha value is -2.52. The van der Waals surface area contributed by atoms with Crippen LogP contribution in [0.5, 0.6) is 0 Å². The number of benzene rings is 1. The summed E-state index contributed by atoms with van der Waals surface area (Å²) < 4.78 is 14.5. The van der Waals surface area contributed by atoms with Crippen LogP contribution in [0.1, 0.15) is 44.0 Å². The second-order valence-electron chi connectivity index (χ2n) is 7.28. The summed E-state index contributed by atoms with van der Waals surface area (Å²) in [6, 6.07) is 4.57. The highest BCUT2D eigenvalue weighted by Gasteiger charge is 2.24. The van der Waals surface area contributed by atoms with Crippen LogP contribution in [-0.2, 0) is 4.79 Å². The summed E-state index contributed by atoms with van der Waals surface area (Å²) in [6.45, 7) is 4.44. The highest BCUT2D eigenvalue weighted by Crippen LogP contribution is 2.30. The summed E-state index contributed by atoms with van der Waals surface area (Å²) in [5.41, 5.74) is 6.45. The molecular formula is C21H29FN6OS. The molecule has 1 aliphatic heterocycles. The fourth-order valence-electron chi connectivity index (χ4n) is 3.40. The third kappa shape index (κ3) is 5.76. The fraction of sp³-hybridized carbons (Fsp3) is 0.476. The molecule has 162 valence electrons. The Bertz CT molecular complexity index is 919. The zero-order chi connectivity index (χ0) is 21.3. The average Bonchev–Trinajstić information content (AvgIpc) is 3.14. The number of aromatic nitrogens is 1. The van der Waals surface area contributed by atoms with E-state index in [0.29, 0.717) is 28.5 Å². The first-order chi connectivity index (χ1) is 14.6. The van der Waals surface area contributed by atoms with Crippen molar-refractivity contribution in [2.75, 3.05) is 19.6 Å². The van der Waals surface area contributed by atoms with Gasteiger partial charge in [-0.1, -0.05) is 19.8 Å². The van der Waals surface area contributed by atoms with E-state index < -0.39 is 0 Å². The molecule has 5 N–H and O–H groups in total. The van der Waals surface area contributed by atoms with E-state index in [1.165, 1.54) is 29.8 Å². The minimum absolute atomic E-state index is 0.132. The quantitative estimate of drug-likeness (QED) is 0.211. The van der Waals surface area contributed by atoms with E-state index in [2.05, 4.69) is 32.9 Å². The minimum atomic E-state index is -0.361. The van der Waals surface area contributed by atoms with Gasteiger partial charge in [-0.25, -0.2) is 14.4 Å². The Morgan fingerprint density at radius 3 is 3.07 bits per heavy atom. The van der Waals surface area contributed by atoms with Gasteiger partial charge in [0.1, 0.15) is 22.2 Å². The number of aliphatic imine (C=N–C) groups is 1. The number of carbonyl (C=O) groups is 1. The van der Waals surface area contributed by atoms with Crippen molar-refractivity contribution in [3.05, 3.63) is 34.8 Å². The van der Waals surface area contributed by atoms with E-state index in [1.54, 1.807) is 6.07 Å². The molecule has 0 aliphatic carbocycles. The van der Waals surface area contributed by atoms with Gasteiger partial charge in [-0.3, -0.25) is 4.79 Å². The summed E-state index contributed by atoms with van der Waals surface area (Å²) in [7, 11) is 0. The van der Waals surface area contributed by atoms with Crippen molar-refractivity contribution in [3.63, 3.8) is 0 Å². The van der Waals surface area contributed by atoms with Crippen LogP contribution in [-0.4, -0.2) is 42.9 Å². The number of fused-ring (bicyclic) bond motifs is 1.